The third kappa shape index (κ3) is 5.49. The molecule has 0 saturated carbocycles. The lowest BCUT2D eigenvalue weighted by atomic mass is 10.2. The van der Waals surface area contributed by atoms with Crippen molar-refractivity contribution in [3.05, 3.63) is 0 Å². The van der Waals surface area contributed by atoms with Crippen LogP contribution in [0, 0.1) is 0 Å². The maximum Gasteiger partial charge on any atom is 0.326 e. The molecule has 1 aliphatic heterocycles. The minimum absolute atomic E-state index is 0.339. The van der Waals surface area contributed by atoms with E-state index >= 15 is 0 Å². The Bertz CT molecular complexity index is 481. The van der Waals surface area contributed by atoms with Crippen molar-refractivity contribution in [1.29, 1.82) is 0 Å². The van der Waals surface area contributed by atoms with Gasteiger partial charge in [0.05, 0.1) is 19.2 Å². The predicted molar refractivity (Wildman–Crippen MR) is 78.0 cm³/mol. The van der Waals surface area contributed by atoms with Crippen LogP contribution in [0.1, 0.15) is 19.8 Å². The molecular weight excluding hydrogens is 308 g/mol. The number of carbonyl (C=O) groups is 4. The Balaban J connectivity index is 2.34. The van der Waals surface area contributed by atoms with Gasteiger partial charge in [-0.1, -0.05) is 0 Å². The Labute approximate surface area is 133 Å². The molecule has 3 amide bonds. The van der Waals surface area contributed by atoms with Gasteiger partial charge in [-0.25, -0.2) is 4.79 Å². The Morgan fingerprint density at radius 1 is 1.26 bits per heavy atom. The van der Waals surface area contributed by atoms with E-state index in [-0.39, 0.29) is 6.54 Å². The third-order valence-electron chi connectivity index (χ3n) is 3.54. The highest BCUT2D eigenvalue weighted by Gasteiger charge is 2.33. The molecule has 0 aromatic carbocycles. The number of nitrogens with two attached hydrogens (primary N) is 1. The van der Waals surface area contributed by atoms with E-state index in [4.69, 9.17) is 15.9 Å². The molecule has 0 bridgehead atoms. The van der Waals surface area contributed by atoms with Crippen LogP contribution in [0.4, 0.5) is 0 Å². The van der Waals surface area contributed by atoms with Crippen molar-refractivity contribution in [2.24, 2.45) is 5.73 Å². The van der Waals surface area contributed by atoms with Crippen LogP contribution in [0.15, 0.2) is 0 Å². The summed E-state index contributed by atoms with van der Waals surface area (Å²) < 4.78 is 0. The fourth-order valence-electron chi connectivity index (χ4n) is 2.16. The highest BCUT2D eigenvalue weighted by atomic mass is 16.4. The van der Waals surface area contributed by atoms with Gasteiger partial charge in [-0.05, 0) is 19.8 Å². The molecule has 6 N–H and O–H groups in total. The summed E-state index contributed by atoms with van der Waals surface area (Å²) in [7, 11) is 0. The van der Waals surface area contributed by atoms with Crippen LogP contribution in [-0.4, -0.2) is 76.6 Å². The molecule has 0 aliphatic carbocycles. The molecule has 0 aromatic heterocycles. The number of nitrogens with one attached hydrogen (secondary N) is 2. The molecule has 23 heavy (non-hydrogen) atoms. The number of likely N-dealkylation sites (tertiary alicyclic amines) is 1. The molecule has 10 heteroatoms. The summed E-state index contributed by atoms with van der Waals surface area (Å²) >= 11 is 0. The monoisotopic (exact) mass is 330 g/mol. The summed E-state index contributed by atoms with van der Waals surface area (Å²) in [5.41, 5.74) is 5.38. The van der Waals surface area contributed by atoms with E-state index in [1.54, 1.807) is 0 Å². The Morgan fingerprint density at radius 2 is 1.91 bits per heavy atom. The van der Waals surface area contributed by atoms with Gasteiger partial charge >= 0.3 is 5.97 Å². The van der Waals surface area contributed by atoms with Crippen molar-refractivity contribution in [3.63, 3.8) is 0 Å². The summed E-state index contributed by atoms with van der Waals surface area (Å²) in [4.78, 5) is 47.1. The number of aliphatic hydroxyl groups excluding tert-OH is 1. The first kappa shape index (κ1) is 18.8. The molecule has 1 rings (SSSR count). The van der Waals surface area contributed by atoms with Crippen LogP contribution in [0.2, 0.25) is 0 Å². The number of rotatable bonds is 7. The molecule has 3 atom stereocenters. The Kier molecular flexibility index (Phi) is 6.91. The standard InChI is InChI=1S/C13H22N4O6/c1-7(18)11(14)12(21)16-5-9(19)15-6-10(20)17-4-2-3-8(17)13(22)23/h7-8,11,18H,2-6,14H2,1H3,(H,15,19)(H,16,21)(H,22,23). The highest BCUT2D eigenvalue weighted by Crippen LogP contribution is 2.17. The molecule has 1 heterocycles. The summed E-state index contributed by atoms with van der Waals surface area (Å²) in [6, 6.07) is -2.01. The molecule has 3 unspecified atom stereocenters. The minimum atomic E-state index is -1.15. The number of amides is 3. The zero-order chi connectivity index (χ0) is 17.6. The van der Waals surface area contributed by atoms with Crippen LogP contribution in [0.3, 0.4) is 0 Å². The second-order valence-electron chi connectivity index (χ2n) is 5.34. The number of nitrogens with zero attached hydrogens (tertiary/aromatic N) is 1. The first-order valence-corrected chi connectivity index (χ1v) is 7.24. The van der Waals surface area contributed by atoms with Crippen LogP contribution in [0.25, 0.3) is 0 Å². The molecule has 0 radical (unpaired) electrons. The molecule has 130 valence electrons. The van der Waals surface area contributed by atoms with Gasteiger partial charge in [0.1, 0.15) is 12.1 Å². The van der Waals surface area contributed by atoms with Gasteiger partial charge in [0.25, 0.3) is 0 Å². The maximum atomic E-state index is 11.9. The van der Waals surface area contributed by atoms with Crippen molar-refractivity contribution in [2.75, 3.05) is 19.6 Å². The van der Waals surface area contributed by atoms with Crippen LogP contribution < -0.4 is 16.4 Å². The second kappa shape index (κ2) is 8.44. The van der Waals surface area contributed by atoms with E-state index in [1.807, 2.05) is 0 Å². The SMILES string of the molecule is CC(O)C(N)C(=O)NCC(=O)NCC(=O)N1CCCC1C(=O)O. The molecule has 0 aromatic rings. The number of hydrogen-bond acceptors (Lipinski definition) is 6. The van der Waals surface area contributed by atoms with Gasteiger partial charge < -0.3 is 31.5 Å². The molecule has 1 fully saturated rings. The average molecular weight is 330 g/mol. The van der Waals surface area contributed by atoms with E-state index in [1.165, 1.54) is 11.8 Å². The molecule has 1 saturated heterocycles. The lowest BCUT2D eigenvalue weighted by Crippen LogP contribution is -2.50. The first-order chi connectivity index (χ1) is 10.7. The van der Waals surface area contributed by atoms with E-state index < -0.39 is 48.4 Å². The van der Waals surface area contributed by atoms with Crippen molar-refractivity contribution in [3.8, 4) is 0 Å². The van der Waals surface area contributed by atoms with Gasteiger partial charge in [0.2, 0.25) is 17.7 Å². The van der Waals surface area contributed by atoms with Crippen molar-refractivity contribution in [1.82, 2.24) is 15.5 Å². The van der Waals surface area contributed by atoms with E-state index in [9.17, 15) is 19.2 Å². The number of carboxylic acids is 1. The second-order valence-corrected chi connectivity index (χ2v) is 5.34. The summed E-state index contributed by atoms with van der Waals surface area (Å²) in [6.45, 7) is 0.944. The first-order valence-electron chi connectivity index (χ1n) is 7.24. The third-order valence-corrected chi connectivity index (χ3v) is 3.54. The largest absolute Gasteiger partial charge is 0.480 e. The molecule has 0 spiro atoms. The summed E-state index contributed by atoms with van der Waals surface area (Å²) in [5.74, 6) is -2.86. The van der Waals surface area contributed by atoms with Gasteiger partial charge in [0.15, 0.2) is 0 Å². The van der Waals surface area contributed by atoms with Gasteiger partial charge in [-0.3, -0.25) is 14.4 Å². The van der Waals surface area contributed by atoms with E-state index in [2.05, 4.69) is 10.6 Å². The lowest BCUT2D eigenvalue weighted by molar-refractivity contribution is -0.148. The highest BCUT2D eigenvalue weighted by molar-refractivity contribution is 5.91. The molecule has 1 aliphatic rings. The van der Waals surface area contributed by atoms with Gasteiger partial charge in [-0.15, -0.1) is 0 Å². The molecular formula is C13H22N4O6. The number of carboxylic acid groups (broad SMARTS) is 1. The topological polar surface area (TPSA) is 162 Å². The Hall–Kier alpha value is -2.20. The van der Waals surface area contributed by atoms with Crippen LogP contribution in [-0.2, 0) is 19.2 Å². The van der Waals surface area contributed by atoms with Crippen LogP contribution in [0.5, 0.6) is 0 Å². The summed E-state index contributed by atoms with van der Waals surface area (Å²) in [5, 5.41) is 22.7. The predicted octanol–water partition coefficient (Wildman–Crippen LogP) is -3.00. The zero-order valence-electron chi connectivity index (χ0n) is 12.8. The van der Waals surface area contributed by atoms with E-state index in [0.717, 1.165) is 0 Å². The van der Waals surface area contributed by atoms with Crippen LogP contribution >= 0.6 is 0 Å². The number of carbonyl (C=O) groups excluding carboxylic acids is 3. The average Bonchev–Trinajstić information content (AvgIpc) is 2.99. The fourth-order valence-corrected chi connectivity index (χ4v) is 2.16. The lowest BCUT2D eigenvalue weighted by Gasteiger charge is -2.21. The quantitative estimate of drug-likeness (QED) is 0.332. The molecule has 10 nitrogen and oxygen atoms in total. The summed E-state index contributed by atoms with van der Waals surface area (Å²) in [6.07, 6.45) is -0.0607. The number of aliphatic carboxylic acids is 1. The van der Waals surface area contributed by atoms with Crippen molar-refractivity contribution < 1.29 is 29.4 Å². The Morgan fingerprint density at radius 3 is 2.48 bits per heavy atom. The van der Waals surface area contributed by atoms with Crippen molar-refractivity contribution in [2.45, 2.75) is 38.0 Å². The van der Waals surface area contributed by atoms with Gasteiger partial charge in [0, 0.05) is 6.54 Å². The maximum absolute atomic E-state index is 11.9. The van der Waals surface area contributed by atoms with Crippen molar-refractivity contribution >= 4 is 23.7 Å². The fraction of sp³-hybridized carbons (Fsp3) is 0.692. The van der Waals surface area contributed by atoms with Gasteiger partial charge in [-0.2, -0.15) is 0 Å². The smallest absolute Gasteiger partial charge is 0.326 e. The normalized spacial score (nSPS) is 19.8. The van der Waals surface area contributed by atoms with E-state index in [0.29, 0.717) is 19.4 Å². The zero-order valence-corrected chi connectivity index (χ0v) is 12.8. The number of aliphatic hydroxyl groups is 1. The minimum Gasteiger partial charge on any atom is -0.480 e. The number of hydrogen-bond donors (Lipinski definition) is 5.